The van der Waals surface area contributed by atoms with Crippen LogP contribution in [0, 0.1) is 13.8 Å². The molecule has 1 unspecified atom stereocenters. The van der Waals surface area contributed by atoms with Crippen molar-refractivity contribution in [2.75, 3.05) is 25.2 Å². The number of nitrogens with zero attached hydrogens (tertiary/aromatic N) is 3. The van der Waals surface area contributed by atoms with E-state index in [1.165, 1.54) is 0 Å². The van der Waals surface area contributed by atoms with Crippen LogP contribution in [0.5, 0.6) is 11.5 Å². The third-order valence-corrected chi connectivity index (χ3v) is 5.29. The van der Waals surface area contributed by atoms with Gasteiger partial charge in [0.15, 0.2) is 11.5 Å². The van der Waals surface area contributed by atoms with E-state index in [4.69, 9.17) is 14.0 Å². The zero-order valence-corrected chi connectivity index (χ0v) is 17.6. The molecule has 4 rings (SSSR count). The topological polar surface area (TPSA) is 77.7 Å². The Balaban J connectivity index is 1.56. The molecule has 156 valence electrons. The fourth-order valence-corrected chi connectivity index (χ4v) is 3.72. The molecule has 3 aromatic rings. The molecule has 0 bridgehead atoms. The fourth-order valence-electron chi connectivity index (χ4n) is 3.72. The zero-order chi connectivity index (χ0) is 21.3. The molecule has 7 heteroatoms. The molecular formula is C23H25N3O4. The zero-order valence-electron chi connectivity index (χ0n) is 17.6. The number of aromatic nitrogens is 2. The lowest BCUT2D eigenvalue weighted by Gasteiger charge is -2.19. The van der Waals surface area contributed by atoms with Crippen molar-refractivity contribution in [1.29, 1.82) is 0 Å². The van der Waals surface area contributed by atoms with E-state index in [-0.39, 0.29) is 11.8 Å². The molecule has 1 aromatic heterocycles. The Bertz CT molecular complexity index is 1080. The average molecular weight is 407 g/mol. The molecule has 1 atom stereocenters. The van der Waals surface area contributed by atoms with Crippen molar-refractivity contribution in [3.63, 3.8) is 0 Å². The van der Waals surface area contributed by atoms with Crippen LogP contribution < -0.4 is 14.4 Å². The van der Waals surface area contributed by atoms with Crippen molar-refractivity contribution in [1.82, 2.24) is 10.1 Å². The van der Waals surface area contributed by atoms with Crippen LogP contribution >= 0.6 is 0 Å². The number of hydrogen-bond acceptors (Lipinski definition) is 6. The highest BCUT2D eigenvalue weighted by Gasteiger charge is 2.35. The molecule has 7 nitrogen and oxygen atoms in total. The first-order valence-electron chi connectivity index (χ1n) is 10.0. The van der Waals surface area contributed by atoms with Crippen LogP contribution in [-0.2, 0) is 4.79 Å². The summed E-state index contributed by atoms with van der Waals surface area (Å²) < 4.78 is 16.5. The number of ether oxygens (including phenoxy) is 2. The van der Waals surface area contributed by atoms with Gasteiger partial charge in [0.2, 0.25) is 17.6 Å². The van der Waals surface area contributed by atoms with Crippen molar-refractivity contribution < 1.29 is 18.8 Å². The summed E-state index contributed by atoms with van der Waals surface area (Å²) in [5, 5.41) is 4.12. The largest absolute Gasteiger partial charge is 0.493 e. The fraction of sp³-hybridized carbons (Fsp3) is 0.348. The summed E-state index contributed by atoms with van der Waals surface area (Å²) in [5.41, 5.74) is 3.90. The minimum atomic E-state index is -0.136. The summed E-state index contributed by atoms with van der Waals surface area (Å²) in [7, 11) is 1.59. The van der Waals surface area contributed by atoms with Crippen molar-refractivity contribution in [2.45, 2.75) is 33.1 Å². The SMILES string of the molecule is CCOc1ccc(-c2noc(C3CC(=O)N(c4cc(C)ccc4C)C3)n2)cc1OC. The minimum absolute atomic E-state index is 0.0659. The quantitative estimate of drug-likeness (QED) is 0.607. The van der Waals surface area contributed by atoms with Crippen molar-refractivity contribution in [3.05, 3.63) is 53.4 Å². The van der Waals surface area contributed by atoms with Gasteiger partial charge in [-0.15, -0.1) is 0 Å². The number of carbonyl (C=O) groups excluding carboxylic acids is 1. The van der Waals surface area contributed by atoms with E-state index >= 15 is 0 Å². The van der Waals surface area contributed by atoms with Gasteiger partial charge in [-0.2, -0.15) is 4.98 Å². The highest BCUT2D eigenvalue weighted by Crippen LogP contribution is 2.35. The van der Waals surface area contributed by atoms with Crippen molar-refractivity contribution >= 4 is 11.6 Å². The van der Waals surface area contributed by atoms with Crippen LogP contribution in [0.3, 0.4) is 0 Å². The summed E-state index contributed by atoms with van der Waals surface area (Å²) in [6.07, 6.45) is 0.349. The molecule has 1 aliphatic heterocycles. The van der Waals surface area contributed by atoms with E-state index in [1.807, 2.05) is 62.1 Å². The summed E-state index contributed by atoms with van der Waals surface area (Å²) in [6, 6.07) is 11.6. The van der Waals surface area contributed by atoms with Gasteiger partial charge in [-0.25, -0.2) is 0 Å². The molecule has 0 spiro atoms. The Morgan fingerprint density at radius 3 is 2.77 bits per heavy atom. The van der Waals surface area contributed by atoms with Gasteiger partial charge >= 0.3 is 0 Å². The predicted molar refractivity (Wildman–Crippen MR) is 113 cm³/mol. The van der Waals surface area contributed by atoms with Gasteiger partial charge in [0.1, 0.15) is 0 Å². The number of anilines is 1. The third-order valence-electron chi connectivity index (χ3n) is 5.29. The van der Waals surface area contributed by atoms with Gasteiger partial charge in [-0.1, -0.05) is 17.3 Å². The van der Waals surface area contributed by atoms with Gasteiger partial charge in [0.05, 0.1) is 19.6 Å². The standard InChI is InChI=1S/C23H25N3O4/c1-5-29-19-9-8-16(11-20(19)28-4)22-24-23(30-25-22)17-12-21(27)26(13-17)18-10-14(2)6-7-15(18)3/h6-11,17H,5,12-13H2,1-4H3. The van der Waals surface area contributed by atoms with Crippen molar-refractivity contribution in [2.24, 2.45) is 0 Å². The van der Waals surface area contributed by atoms with E-state index in [2.05, 4.69) is 10.1 Å². The molecule has 0 N–H and O–H groups in total. The highest BCUT2D eigenvalue weighted by atomic mass is 16.5. The van der Waals surface area contributed by atoms with Gasteiger partial charge in [-0.05, 0) is 56.2 Å². The van der Waals surface area contributed by atoms with Gasteiger partial charge in [0.25, 0.3) is 0 Å². The van der Waals surface area contributed by atoms with Crippen LogP contribution in [-0.4, -0.2) is 36.3 Å². The van der Waals surface area contributed by atoms with Gasteiger partial charge in [0, 0.05) is 24.2 Å². The number of rotatable bonds is 6. The lowest BCUT2D eigenvalue weighted by atomic mass is 10.1. The lowest BCUT2D eigenvalue weighted by Crippen LogP contribution is -2.25. The molecule has 2 heterocycles. The summed E-state index contributed by atoms with van der Waals surface area (Å²) in [6.45, 7) is 7.03. The van der Waals surface area contributed by atoms with E-state index in [0.717, 1.165) is 22.4 Å². The van der Waals surface area contributed by atoms with Crippen LogP contribution in [0.1, 0.15) is 36.3 Å². The number of amides is 1. The second-order valence-electron chi connectivity index (χ2n) is 7.45. The maximum Gasteiger partial charge on any atom is 0.232 e. The number of hydrogen-bond donors (Lipinski definition) is 0. The first kappa shape index (κ1) is 19.9. The van der Waals surface area contributed by atoms with Crippen molar-refractivity contribution in [3.8, 4) is 22.9 Å². The second-order valence-corrected chi connectivity index (χ2v) is 7.45. The molecule has 1 fully saturated rings. The third kappa shape index (κ3) is 3.75. The summed E-state index contributed by atoms with van der Waals surface area (Å²) in [4.78, 5) is 19.1. The van der Waals surface area contributed by atoms with Crippen LogP contribution in [0.15, 0.2) is 40.9 Å². The monoisotopic (exact) mass is 407 g/mol. The Morgan fingerprint density at radius 2 is 2.00 bits per heavy atom. The molecule has 0 radical (unpaired) electrons. The maximum atomic E-state index is 12.7. The van der Waals surface area contributed by atoms with E-state index in [0.29, 0.717) is 42.8 Å². The normalized spacial score (nSPS) is 16.2. The highest BCUT2D eigenvalue weighted by molar-refractivity contribution is 5.97. The minimum Gasteiger partial charge on any atom is -0.493 e. The van der Waals surface area contributed by atoms with Crippen LogP contribution in [0.2, 0.25) is 0 Å². The lowest BCUT2D eigenvalue weighted by molar-refractivity contribution is -0.117. The Morgan fingerprint density at radius 1 is 1.17 bits per heavy atom. The smallest absolute Gasteiger partial charge is 0.232 e. The van der Waals surface area contributed by atoms with Crippen LogP contribution in [0.25, 0.3) is 11.4 Å². The summed E-state index contributed by atoms with van der Waals surface area (Å²) in [5.74, 6) is 2.14. The van der Waals surface area contributed by atoms with Gasteiger partial charge < -0.3 is 18.9 Å². The number of methoxy groups -OCH3 is 1. The van der Waals surface area contributed by atoms with E-state index in [9.17, 15) is 4.79 Å². The number of carbonyl (C=O) groups is 1. The molecule has 2 aromatic carbocycles. The van der Waals surface area contributed by atoms with E-state index < -0.39 is 0 Å². The second kappa shape index (κ2) is 8.18. The number of aryl methyl sites for hydroxylation is 2. The maximum absolute atomic E-state index is 12.7. The Hall–Kier alpha value is -3.35. The summed E-state index contributed by atoms with van der Waals surface area (Å²) >= 11 is 0. The molecule has 0 saturated carbocycles. The first-order valence-corrected chi connectivity index (χ1v) is 10.0. The predicted octanol–water partition coefficient (Wildman–Crippen LogP) is 4.28. The molecule has 1 aliphatic rings. The molecule has 0 aliphatic carbocycles. The molecular weight excluding hydrogens is 382 g/mol. The molecule has 1 saturated heterocycles. The van der Waals surface area contributed by atoms with Crippen LogP contribution in [0.4, 0.5) is 5.69 Å². The Labute approximate surface area is 175 Å². The Kier molecular flexibility index (Phi) is 5.44. The molecule has 30 heavy (non-hydrogen) atoms. The average Bonchev–Trinajstić information content (AvgIpc) is 3.37. The first-order chi connectivity index (χ1) is 14.5. The van der Waals surface area contributed by atoms with E-state index in [1.54, 1.807) is 7.11 Å². The van der Waals surface area contributed by atoms with Gasteiger partial charge in [-0.3, -0.25) is 4.79 Å². The molecule has 1 amide bonds. The number of benzene rings is 2.